The lowest BCUT2D eigenvalue weighted by molar-refractivity contribution is -0.137. The van der Waals surface area contributed by atoms with Gasteiger partial charge in [0.05, 0.1) is 0 Å². The van der Waals surface area contributed by atoms with Gasteiger partial charge in [0.25, 0.3) is 5.56 Å². The lowest BCUT2D eigenvalue weighted by Crippen LogP contribution is -2.58. The lowest BCUT2D eigenvalue weighted by atomic mass is 10.0. The highest BCUT2D eigenvalue weighted by Gasteiger charge is 2.31. The van der Waals surface area contributed by atoms with Crippen molar-refractivity contribution in [2.45, 2.75) is 98.1 Å². The number of aromatic nitrogens is 1. The van der Waals surface area contributed by atoms with E-state index in [4.69, 9.17) is 9.79 Å². The van der Waals surface area contributed by atoms with E-state index in [0.717, 1.165) is 36.3 Å². The molecule has 0 radical (unpaired) electrons. The summed E-state index contributed by atoms with van der Waals surface area (Å²) in [5.41, 5.74) is -0.340. The number of hydrogen-bond donors (Lipinski definition) is 5. The molecule has 0 bridgehead atoms. The second kappa shape index (κ2) is 17.1. The fourth-order valence-electron chi connectivity index (χ4n) is 4.14. The van der Waals surface area contributed by atoms with Crippen molar-refractivity contribution in [2.24, 2.45) is 5.92 Å². The van der Waals surface area contributed by atoms with Gasteiger partial charge in [0.1, 0.15) is 24.4 Å². The maximum absolute atomic E-state index is 13.2. The Labute approximate surface area is 241 Å². The van der Waals surface area contributed by atoms with Crippen molar-refractivity contribution >= 4 is 31.2 Å². The number of rotatable bonds is 17. The Morgan fingerprint density at radius 1 is 0.976 bits per heavy atom. The molecule has 0 aromatic carbocycles. The number of hydrogen-bond acceptors (Lipinski definition) is 6. The SMILES string of the molecule is CCCCN(CCCC)C(=O)[C@H](C)NC(=O)[C@@H](NC(=O)[C@H](Cc1ccn(CP(=O)(O)O)c(=O)c1)NC(C)=O)C(C)C. The van der Waals surface area contributed by atoms with Gasteiger partial charge in [-0.3, -0.25) is 28.5 Å². The second-order valence-corrected chi connectivity index (χ2v) is 12.2. The molecule has 0 fully saturated rings. The van der Waals surface area contributed by atoms with Crippen LogP contribution in [0.5, 0.6) is 0 Å². The first-order chi connectivity index (χ1) is 19.1. The zero-order valence-electron chi connectivity index (χ0n) is 24.9. The maximum Gasteiger partial charge on any atom is 0.345 e. The summed E-state index contributed by atoms with van der Waals surface area (Å²) >= 11 is 0. The van der Waals surface area contributed by atoms with Crippen LogP contribution in [0.1, 0.15) is 72.8 Å². The number of carbonyl (C=O) groups excluding carboxylic acids is 4. The topological polar surface area (TPSA) is 187 Å². The molecular formula is C27H46N5O8P. The van der Waals surface area contributed by atoms with Crippen LogP contribution in [-0.4, -0.2) is 74.1 Å². The van der Waals surface area contributed by atoms with Crippen LogP contribution in [0.4, 0.5) is 0 Å². The highest BCUT2D eigenvalue weighted by atomic mass is 31.2. The van der Waals surface area contributed by atoms with Crippen molar-refractivity contribution < 1.29 is 33.5 Å². The summed E-state index contributed by atoms with van der Waals surface area (Å²) in [5.74, 6) is -2.27. The molecule has 0 saturated carbocycles. The van der Waals surface area contributed by atoms with E-state index in [1.54, 1.807) is 25.7 Å². The average Bonchev–Trinajstić information content (AvgIpc) is 2.86. The summed E-state index contributed by atoms with van der Waals surface area (Å²) in [4.78, 5) is 83.7. The number of nitrogens with zero attached hydrogens (tertiary/aromatic N) is 2. The number of nitrogens with one attached hydrogen (secondary N) is 3. The summed E-state index contributed by atoms with van der Waals surface area (Å²) in [6.07, 6.45) is 3.87. The van der Waals surface area contributed by atoms with Crippen LogP contribution in [0.15, 0.2) is 23.1 Å². The van der Waals surface area contributed by atoms with Gasteiger partial charge in [-0.15, -0.1) is 0 Å². The summed E-state index contributed by atoms with van der Waals surface area (Å²) in [6.45, 7) is 11.6. The fraction of sp³-hybridized carbons (Fsp3) is 0.667. The normalized spacial score (nSPS) is 13.7. The molecule has 232 valence electrons. The quantitative estimate of drug-likeness (QED) is 0.165. The molecule has 0 unspecified atom stereocenters. The molecule has 1 aromatic rings. The summed E-state index contributed by atoms with van der Waals surface area (Å²) in [6, 6.07) is -0.413. The molecule has 0 aliphatic rings. The van der Waals surface area contributed by atoms with Gasteiger partial charge >= 0.3 is 7.60 Å². The Morgan fingerprint density at radius 2 is 1.56 bits per heavy atom. The van der Waals surface area contributed by atoms with Crippen LogP contribution < -0.4 is 21.5 Å². The molecule has 13 nitrogen and oxygen atoms in total. The third-order valence-electron chi connectivity index (χ3n) is 6.38. The van der Waals surface area contributed by atoms with Crippen molar-refractivity contribution in [2.75, 3.05) is 13.1 Å². The molecule has 0 spiro atoms. The standard InChI is InChI=1S/C27H46N5O8P/c1-7-9-12-31(13-10-8-2)27(37)19(5)28-26(36)24(18(3)4)30-25(35)22(29-20(6)33)15-21-11-14-32(23(34)16-21)17-41(38,39)40/h11,14,16,18-19,22,24H,7-10,12-13,15,17H2,1-6H3,(H,28,36)(H,29,33)(H,30,35)(H2,38,39,40)/t19-,22-,24-/m0/s1. The summed E-state index contributed by atoms with van der Waals surface area (Å²) in [5, 5.41) is 7.91. The Balaban J connectivity index is 3.04. The van der Waals surface area contributed by atoms with E-state index in [1.165, 1.54) is 19.2 Å². The van der Waals surface area contributed by atoms with Gasteiger partial charge in [-0.2, -0.15) is 0 Å². The number of unbranched alkanes of at least 4 members (excludes halogenated alkanes) is 2. The first-order valence-electron chi connectivity index (χ1n) is 14.0. The predicted octanol–water partition coefficient (Wildman–Crippen LogP) is 1.11. The minimum atomic E-state index is -4.48. The monoisotopic (exact) mass is 599 g/mol. The largest absolute Gasteiger partial charge is 0.345 e. The minimum Gasteiger partial charge on any atom is -0.344 e. The minimum absolute atomic E-state index is 0.109. The molecule has 0 aliphatic carbocycles. The van der Waals surface area contributed by atoms with E-state index in [1.807, 2.05) is 13.8 Å². The van der Waals surface area contributed by atoms with Crippen LogP contribution in [0.25, 0.3) is 0 Å². The van der Waals surface area contributed by atoms with E-state index in [9.17, 15) is 28.5 Å². The molecule has 14 heteroatoms. The smallest absolute Gasteiger partial charge is 0.344 e. The molecule has 5 N–H and O–H groups in total. The van der Waals surface area contributed by atoms with Crippen LogP contribution in [0.3, 0.4) is 0 Å². The first kappa shape index (κ1) is 36.0. The van der Waals surface area contributed by atoms with Crippen LogP contribution >= 0.6 is 7.60 Å². The van der Waals surface area contributed by atoms with Crippen LogP contribution in [0.2, 0.25) is 0 Å². The second-order valence-electron chi connectivity index (χ2n) is 10.6. The molecule has 1 heterocycles. The molecule has 1 rings (SSSR count). The molecule has 3 atom stereocenters. The van der Waals surface area contributed by atoms with Gasteiger partial charge in [0.15, 0.2) is 0 Å². The third kappa shape index (κ3) is 13.0. The highest BCUT2D eigenvalue weighted by molar-refractivity contribution is 7.50. The summed E-state index contributed by atoms with van der Waals surface area (Å²) < 4.78 is 12.1. The average molecular weight is 600 g/mol. The van der Waals surface area contributed by atoms with Crippen LogP contribution in [-0.2, 0) is 36.4 Å². The van der Waals surface area contributed by atoms with Gasteiger partial charge in [0.2, 0.25) is 23.6 Å². The number of amides is 4. The predicted molar refractivity (Wildman–Crippen MR) is 155 cm³/mol. The molecule has 1 aromatic heterocycles. The molecule has 0 aliphatic heterocycles. The van der Waals surface area contributed by atoms with Gasteiger partial charge in [0, 0.05) is 38.7 Å². The molecular weight excluding hydrogens is 553 g/mol. The zero-order chi connectivity index (χ0) is 31.3. The van der Waals surface area contributed by atoms with E-state index < -0.39 is 55.3 Å². The van der Waals surface area contributed by atoms with Crippen molar-refractivity contribution in [3.8, 4) is 0 Å². The van der Waals surface area contributed by atoms with Crippen LogP contribution in [0, 0.1) is 5.92 Å². The Morgan fingerprint density at radius 3 is 2.02 bits per heavy atom. The Kier molecular flexibility index (Phi) is 15.0. The van der Waals surface area contributed by atoms with E-state index >= 15 is 0 Å². The number of pyridine rings is 1. The molecule has 41 heavy (non-hydrogen) atoms. The van der Waals surface area contributed by atoms with E-state index in [2.05, 4.69) is 16.0 Å². The maximum atomic E-state index is 13.2. The Bertz CT molecular complexity index is 1140. The third-order valence-corrected chi connectivity index (χ3v) is 7.06. The van der Waals surface area contributed by atoms with Gasteiger partial charge in [-0.25, -0.2) is 0 Å². The Hall–Kier alpha value is -3.02. The van der Waals surface area contributed by atoms with Gasteiger partial charge < -0.3 is 35.2 Å². The van der Waals surface area contributed by atoms with Crippen molar-refractivity contribution in [3.05, 3.63) is 34.2 Å². The van der Waals surface area contributed by atoms with Crippen molar-refractivity contribution in [1.82, 2.24) is 25.4 Å². The van der Waals surface area contributed by atoms with Gasteiger partial charge in [-0.1, -0.05) is 40.5 Å². The van der Waals surface area contributed by atoms with Crippen molar-refractivity contribution in [3.63, 3.8) is 0 Å². The molecule has 4 amide bonds. The van der Waals surface area contributed by atoms with E-state index in [-0.39, 0.29) is 18.2 Å². The number of carbonyl (C=O) groups is 4. The highest BCUT2D eigenvalue weighted by Crippen LogP contribution is 2.35. The van der Waals surface area contributed by atoms with E-state index in [0.29, 0.717) is 18.7 Å². The van der Waals surface area contributed by atoms with Gasteiger partial charge in [-0.05, 0) is 37.3 Å². The molecule has 0 saturated heterocycles. The first-order valence-corrected chi connectivity index (χ1v) is 15.8. The zero-order valence-corrected chi connectivity index (χ0v) is 25.8. The lowest BCUT2D eigenvalue weighted by Gasteiger charge is -2.29. The summed E-state index contributed by atoms with van der Waals surface area (Å²) in [7, 11) is -4.48. The van der Waals surface area contributed by atoms with Crippen molar-refractivity contribution in [1.29, 1.82) is 0 Å². The fourth-order valence-corrected chi connectivity index (χ4v) is 4.77.